The number of nitrogens with zero attached hydrogens (tertiary/aromatic N) is 4. The minimum Gasteiger partial charge on any atom is -0.456 e. The third kappa shape index (κ3) is 4.75. The molecule has 0 bridgehead atoms. The number of fused-ring (bicyclic) bond motifs is 5. The number of hydrogen-bond acceptors (Lipinski definition) is 4. The van der Waals surface area contributed by atoms with Crippen molar-refractivity contribution in [3.8, 4) is 51.0 Å². The Labute approximate surface area is 287 Å². The zero-order valence-electron chi connectivity index (χ0n) is 26.9. The molecule has 5 heteroatoms. The standard InChI is InChI=1S/C45H28N4O/c1-4-12-29(13-5-1)43-46-44(30-14-6-2-7-15-30)48-45(47-43)34-21-23-42-38(26-34)37-25-33(20-22-41(37)50-42)39-28-49(35-18-8-3-9-19-35)40-27-32-17-11-10-16-31(32)24-36(39)40/h1-28H. The van der Waals surface area contributed by atoms with Gasteiger partial charge in [0.2, 0.25) is 0 Å². The van der Waals surface area contributed by atoms with Gasteiger partial charge in [-0.15, -0.1) is 0 Å². The average molecular weight is 641 g/mol. The van der Waals surface area contributed by atoms with Gasteiger partial charge >= 0.3 is 0 Å². The van der Waals surface area contributed by atoms with E-state index >= 15 is 0 Å². The molecule has 0 N–H and O–H groups in total. The Morgan fingerprint density at radius 2 is 0.900 bits per heavy atom. The van der Waals surface area contributed by atoms with E-state index < -0.39 is 0 Å². The highest BCUT2D eigenvalue weighted by molar-refractivity contribution is 6.10. The van der Waals surface area contributed by atoms with Crippen LogP contribution in [0.3, 0.4) is 0 Å². The van der Waals surface area contributed by atoms with Gasteiger partial charge < -0.3 is 8.98 Å². The van der Waals surface area contributed by atoms with Gasteiger partial charge in [0.1, 0.15) is 11.2 Å². The SMILES string of the molecule is c1ccc(-c2nc(-c3ccccc3)nc(-c3ccc4oc5ccc(-c6cn(-c7ccccc7)c7cc8ccccc8cc67)cc5c4c3)n2)cc1. The summed E-state index contributed by atoms with van der Waals surface area (Å²) in [5.41, 5.74) is 9.02. The van der Waals surface area contributed by atoms with Crippen molar-refractivity contribution in [1.29, 1.82) is 0 Å². The molecule has 10 rings (SSSR count). The highest BCUT2D eigenvalue weighted by Crippen LogP contribution is 2.39. The summed E-state index contributed by atoms with van der Waals surface area (Å²) in [5.74, 6) is 1.88. The molecule has 0 saturated heterocycles. The molecule has 3 heterocycles. The zero-order valence-corrected chi connectivity index (χ0v) is 26.9. The number of para-hydroxylation sites is 1. The van der Waals surface area contributed by atoms with E-state index in [1.807, 2.05) is 72.8 Å². The summed E-state index contributed by atoms with van der Waals surface area (Å²) in [6.07, 6.45) is 2.26. The predicted molar refractivity (Wildman–Crippen MR) is 203 cm³/mol. The van der Waals surface area contributed by atoms with Crippen LogP contribution >= 0.6 is 0 Å². The Morgan fingerprint density at radius 1 is 0.400 bits per heavy atom. The molecule has 5 nitrogen and oxygen atoms in total. The summed E-state index contributed by atoms with van der Waals surface area (Å²) in [6, 6.07) is 56.5. The largest absolute Gasteiger partial charge is 0.456 e. The minimum absolute atomic E-state index is 0.614. The Morgan fingerprint density at radius 3 is 1.52 bits per heavy atom. The van der Waals surface area contributed by atoms with E-state index in [0.717, 1.165) is 49.9 Å². The summed E-state index contributed by atoms with van der Waals surface area (Å²) in [7, 11) is 0. The number of rotatable bonds is 5. The van der Waals surface area contributed by atoms with Crippen LogP contribution in [0.15, 0.2) is 174 Å². The van der Waals surface area contributed by atoms with Crippen LogP contribution in [0.1, 0.15) is 0 Å². The second-order valence-electron chi connectivity index (χ2n) is 12.5. The van der Waals surface area contributed by atoms with Gasteiger partial charge in [-0.3, -0.25) is 0 Å². The monoisotopic (exact) mass is 640 g/mol. The van der Waals surface area contributed by atoms with Gasteiger partial charge in [0, 0.05) is 50.3 Å². The summed E-state index contributed by atoms with van der Waals surface area (Å²) in [6.45, 7) is 0. The first kappa shape index (κ1) is 28.2. The molecule has 0 fully saturated rings. The van der Waals surface area contributed by atoms with Crippen molar-refractivity contribution >= 4 is 43.6 Å². The number of benzene rings is 7. The van der Waals surface area contributed by atoms with E-state index in [1.54, 1.807) is 0 Å². The molecule has 234 valence electrons. The Hall–Kier alpha value is -6.85. The molecule has 0 saturated carbocycles. The fourth-order valence-electron chi connectivity index (χ4n) is 6.97. The maximum absolute atomic E-state index is 6.38. The van der Waals surface area contributed by atoms with Gasteiger partial charge in [-0.25, -0.2) is 15.0 Å². The normalized spacial score (nSPS) is 11.6. The highest BCUT2D eigenvalue weighted by Gasteiger charge is 2.17. The van der Waals surface area contributed by atoms with Crippen molar-refractivity contribution in [2.75, 3.05) is 0 Å². The molecule has 0 amide bonds. The first-order valence-electron chi connectivity index (χ1n) is 16.7. The maximum Gasteiger partial charge on any atom is 0.164 e. The minimum atomic E-state index is 0.614. The van der Waals surface area contributed by atoms with Gasteiger partial charge in [-0.1, -0.05) is 109 Å². The first-order valence-corrected chi connectivity index (χ1v) is 16.7. The van der Waals surface area contributed by atoms with E-state index in [1.165, 1.54) is 27.2 Å². The molecular formula is C45H28N4O. The summed E-state index contributed by atoms with van der Waals surface area (Å²) >= 11 is 0. The van der Waals surface area contributed by atoms with Crippen molar-refractivity contribution in [3.63, 3.8) is 0 Å². The van der Waals surface area contributed by atoms with Crippen LogP contribution in [-0.2, 0) is 0 Å². The average Bonchev–Trinajstić information content (AvgIpc) is 3.75. The second kappa shape index (κ2) is 11.4. The second-order valence-corrected chi connectivity index (χ2v) is 12.5. The lowest BCUT2D eigenvalue weighted by Crippen LogP contribution is -2.00. The topological polar surface area (TPSA) is 56.7 Å². The van der Waals surface area contributed by atoms with Crippen LogP contribution in [-0.4, -0.2) is 19.5 Å². The van der Waals surface area contributed by atoms with E-state index in [-0.39, 0.29) is 0 Å². The van der Waals surface area contributed by atoms with E-state index in [0.29, 0.717) is 17.5 Å². The van der Waals surface area contributed by atoms with Gasteiger partial charge in [0.25, 0.3) is 0 Å². The molecular weight excluding hydrogens is 613 g/mol. The van der Waals surface area contributed by atoms with Crippen molar-refractivity contribution in [2.45, 2.75) is 0 Å². The van der Waals surface area contributed by atoms with E-state index in [9.17, 15) is 0 Å². The quantitative estimate of drug-likeness (QED) is 0.188. The zero-order chi connectivity index (χ0) is 33.0. The smallest absolute Gasteiger partial charge is 0.164 e. The van der Waals surface area contributed by atoms with Crippen LogP contribution in [0.4, 0.5) is 0 Å². The molecule has 10 aromatic rings. The summed E-state index contributed by atoms with van der Waals surface area (Å²) in [4.78, 5) is 14.8. The molecule has 0 radical (unpaired) electrons. The van der Waals surface area contributed by atoms with Crippen LogP contribution in [0.2, 0.25) is 0 Å². The summed E-state index contributed by atoms with van der Waals surface area (Å²) in [5, 5.41) is 5.69. The van der Waals surface area contributed by atoms with Crippen LogP contribution in [0.25, 0.3) is 94.6 Å². The third-order valence-electron chi connectivity index (χ3n) is 9.44. The van der Waals surface area contributed by atoms with Crippen molar-refractivity contribution < 1.29 is 4.42 Å². The summed E-state index contributed by atoms with van der Waals surface area (Å²) < 4.78 is 8.68. The Balaban J connectivity index is 1.15. The van der Waals surface area contributed by atoms with Gasteiger partial charge in [0.15, 0.2) is 17.5 Å². The van der Waals surface area contributed by atoms with E-state index in [2.05, 4.69) is 102 Å². The number of hydrogen-bond donors (Lipinski definition) is 0. The van der Waals surface area contributed by atoms with Crippen molar-refractivity contribution in [2.24, 2.45) is 0 Å². The van der Waals surface area contributed by atoms with Crippen molar-refractivity contribution in [1.82, 2.24) is 19.5 Å². The molecule has 0 spiro atoms. The molecule has 0 aliphatic heterocycles. The van der Waals surface area contributed by atoms with Crippen LogP contribution < -0.4 is 0 Å². The Bertz CT molecular complexity index is 2800. The molecule has 0 aliphatic carbocycles. The van der Waals surface area contributed by atoms with Crippen LogP contribution in [0.5, 0.6) is 0 Å². The maximum atomic E-state index is 6.38. The molecule has 50 heavy (non-hydrogen) atoms. The molecule has 7 aromatic carbocycles. The third-order valence-corrected chi connectivity index (χ3v) is 9.44. The predicted octanol–water partition coefficient (Wildman–Crippen LogP) is 11.5. The molecule has 0 atom stereocenters. The lowest BCUT2D eigenvalue weighted by molar-refractivity contribution is 0.669. The first-order chi connectivity index (χ1) is 24.7. The highest BCUT2D eigenvalue weighted by atomic mass is 16.3. The van der Waals surface area contributed by atoms with E-state index in [4.69, 9.17) is 19.4 Å². The fourth-order valence-corrected chi connectivity index (χ4v) is 6.97. The fraction of sp³-hybridized carbons (Fsp3) is 0. The van der Waals surface area contributed by atoms with Gasteiger partial charge in [-0.05, 0) is 70.9 Å². The molecule has 0 aliphatic rings. The van der Waals surface area contributed by atoms with Crippen LogP contribution in [0, 0.1) is 0 Å². The Kier molecular flexibility index (Phi) is 6.42. The lowest BCUT2D eigenvalue weighted by Gasteiger charge is -2.08. The number of aromatic nitrogens is 4. The number of furan rings is 1. The molecule has 0 unspecified atom stereocenters. The van der Waals surface area contributed by atoms with Crippen molar-refractivity contribution in [3.05, 3.63) is 170 Å². The van der Waals surface area contributed by atoms with Gasteiger partial charge in [0.05, 0.1) is 5.52 Å². The van der Waals surface area contributed by atoms with Gasteiger partial charge in [-0.2, -0.15) is 0 Å². The molecule has 3 aromatic heterocycles. The lowest BCUT2D eigenvalue weighted by atomic mass is 9.99.